The molecule has 1 fully saturated rings. The van der Waals surface area contributed by atoms with Crippen LogP contribution in [0, 0.1) is 5.82 Å². The molecule has 0 atom stereocenters. The smallest absolute Gasteiger partial charge is 0.243 e. The number of benzene rings is 2. The van der Waals surface area contributed by atoms with Gasteiger partial charge < -0.3 is 10.1 Å². The van der Waals surface area contributed by atoms with Crippen molar-refractivity contribution in [3.63, 3.8) is 0 Å². The van der Waals surface area contributed by atoms with Crippen molar-refractivity contribution in [1.82, 2.24) is 4.31 Å². The Kier molecular flexibility index (Phi) is 5.65. The highest BCUT2D eigenvalue weighted by Gasteiger charge is 2.26. The Morgan fingerprint density at radius 1 is 1.12 bits per heavy atom. The van der Waals surface area contributed by atoms with Crippen LogP contribution in [0.25, 0.3) is 0 Å². The van der Waals surface area contributed by atoms with Crippen molar-refractivity contribution in [3.05, 3.63) is 59.9 Å². The largest absolute Gasteiger partial charge is 0.379 e. The van der Waals surface area contributed by atoms with E-state index < -0.39 is 10.0 Å². The molecule has 0 amide bonds. The Morgan fingerprint density at radius 3 is 2.50 bits per heavy atom. The van der Waals surface area contributed by atoms with Gasteiger partial charge in [0.15, 0.2) is 5.78 Å². The summed E-state index contributed by atoms with van der Waals surface area (Å²) >= 11 is 0. The van der Waals surface area contributed by atoms with Gasteiger partial charge in [0, 0.05) is 24.3 Å². The van der Waals surface area contributed by atoms with Gasteiger partial charge in [0.25, 0.3) is 0 Å². The normalized spacial score (nSPS) is 15.6. The molecule has 6 nitrogen and oxygen atoms in total. The van der Waals surface area contributed by atoms with E-state index in [0.717, 1.165) is 0 Å². The van der Waals surface area contributed by atoms with Gasteiger partial charge in [0.05, 0.1) is 24.7 Å². The van der Waals surface area contributed by atoms with Crippen LogP contribution < -0.4 is 5.32 Å². The Bertz CT molecular complexity index is 878. The van der Waals surface area contributed by atoms with Crippen LogP contribution in [-0.2, 0) is 14.8 Å². The molecule has 26 heavy (non-hydrogen) atoms. The molecule has 8 heteroatoms. The topological polar surface area (TPSA) is 75.7 Å². The average Bonchev–Trinajstić information content (AvgIpc) is 2.68. The maximum Gasteiger partial charge on any atom is 0.243 e. The highest BCUT2D eigenvalue weighted by molar-refractivity contribution is 7.89. The van der Waals surface area contributed by atoms with Crippen molar-refractivity contribution < 1.29 is 22.3 Å². The summed E-state index contributed by atoms with van der Waals surface area (Å²) in [5, 5.41) is 2.90. The summed E-state index contributed by atoms with van der Waals surface area (Å²) in [4.78, 5) is 12.5. The molecule has 1 aliphatic rings. The lowest BCUT2D eigenvalue weighted by Gasteiger charge is -2.26. The lowest BCUT2D eigenvalue weighted by Crippen LogP contribution is -2.40. The van der Waals surface area contributed by atoms with Crippen LogP contribution in [-0.4, -0.2) is 51.4 Å². The monoisotopic (exact) mass is 378 g/mol. The van der Waals surface area contributed by atoms with Crippen molar-refractivity contribution in [2.24, 2.45) is 0 Å². The molecule has 138 valence electrons. The number of rotatable bonds is 6. The number of nitrogens with zero attached hydrogens (tertiary/aromatic N) is 1. The van der Waals surface area contributed by atoms with Crippen molar-refractivity contribution in [1.29, 1.82) is 0 Å². The quantitative estimate of drug-likeness (QED) is 0.780. The highest BCUT2D eigenvalue weighted by Crippen LogP contribution is 2.19. The predicted octanol–water partition coefficient (Wildman–Crippen LogP) is 2.14. The van der Waals surface area contributed by atoms with Crippen LogP contribution in [0.2, 0.25) is 0 Å². The van der Waals surface area contributed by atoms with E-state index >= 15 is 0 Å². The Balaban J connectivity index is 1.71. The molecule has 0 saturated carbocycles. The molecule has 0 aromatic heterocycles. The number of sulfonamides is 1. The zero-order valence-electron chi connectivity index (χ0n) is 14.0. The van der Waals surface area contributed by atoms with Crippen molar-refractivity contribution in [2.45, 2.75) is 4.90 Å². The number of Topliss-reactive ketones (excluding diaryl/α,β-unsaturated/α-hetero) is 1. The number of hydrogen-bond donors (Lipinski definition) is 1. The standard InChI is InChI=1S/C18H19FN2O4S/c19-15-4-6-16(7-5-15)20-13-18(22)14-2-1-3-17(12-14)26(23,24)21-8-10-25-11-9-21/h1-7,12,20H,8-11,13H2. The third-order valence-electron chi connectivity index (χ3n) is 4.06. The Labute approximate surface area is 151 Å². The number of halogens is 1. The molecule has 0 spiro atoms. The number of ketones is 1. The molecule has 2 aromatic carbocycles. The van der Waals surface area contributed by atoms with E-state index in [2.05, 4.69) is 5.32 Å². The van der Waals surface area contributed by atoms with Crippen LogP contribution in [0.15, 0.2) is 53.4 Å². The fourth-order valence-corrected chi connectivity index (χ4v) is 4.07. The van der Waals surface area contributed by atoms with Gasteiger partial charge in [-0.3, -0.25) is 4.79 Å². The molecule has 1 saturated heterocycles. The Hall–Kier alpha value is -2.29. The second-order valence-electron chi connectivity index (χ2n) is 5.83. The number of morpholine rings is 1. The fourth-order valence-electron chi connectivity index (χ4n) is 2.62. The van der Waals surface area contributed by atoms with Gasteiger partial charge >= 0.3 is 0 Å². The molecule has 0 bridgehead atoms. The summed E-state index contributed by atoms with van der Waals surface area (Å²) in [5.74, 6) is -0.615. The van der Waals surface area contributed by atoms with Gasteiger partial charge in [-0.05, 0) is 36.4 Å². The van der Waals surface area contributed by atoms with E-state index in [1.54, 1.807) is 12.1 Å². The molecule has 1 aliphatic heterocycles. The van der Waals surface area contributed by atoms with E-state index in [-0.39, 0.29) is 23.0 Å². The Morgan fingerprint density at radius 2 is 1.81 bits per heavy atom. The highest BCUT2D eigenvalue weighted by atomic mass is 32.2. The number of anilines is 1. The first kappa shape index (κ1) is 18.5. The molecule has 1 heterocycles. The zero-order valence-corrected chi connectivity index (χ0v) is 14.8. The predicted molar refractivity (Wildman–Crippen MR) is 95.2 cm³/mol. The number of ether oxygens (including phenoxy) is 1. The van der Waals surface area contributed by atoms with Crippen molar-refractivity contribution in [3.8, 4) is 0 Å². The first-order chi connectivity index (χ1) is 12.5. The van der Waals surface area contributed by atoms with E-state index in [9.17, 15) is 17.6 Å². The molecule has 0 radical (unpaired) electrons. The second-order valence-corrected chi connectivity index (χ2v) is 7.77. The molecule has 0 aliphatic carbocycles. The SMILES string of the molecule is O=C(CNc1ccc(F)cc1)c1cccc(S(=O)(=O)N2CCOCC2)c1. The maximum atomic E-state index is 12.9. The number of hydrogen-bond acceptors (Lipinski definition) is 5. The summed E-state index contributed by atoms with van der Waals surface area (Å²) in [6.07, 6.45) is 0. The summed E-state index contributed by atoms with van der Waals surface area (Å²) in [5.41, 5.74) is 0.908. The lowest BCUT2D eigenvalue weighted by atomic mass is 10.1. The van der Waals surface area contributed by atoms with Gasteiger partial charge in [0.1, 0.15) is 5.82 Å². The van der Waals surface area contributed by atoms with Crippen LogP contribution in [0.1, 0.15) is 10.4 Å². The number of carbonyl (C=O) groups is 1. The second kappa shape index (κ2) is 7.94. The van der Waals surface area contributed by atoms with Crippen molar-refractivity contribution in [2.75, 3.05) is 38.2 Å². The van der Waals surface area contributed by atoms with Crippen LogP contribution in [0.3, 0.4) is 0 Å². The number of nitrogens with one attached hydrogen (secondary N) is 1. The van der Waals surface area contributed by atoms with Crippen molar-refractivity contribution >= 4 is 21.5 Å². The third kappa shape index (κ3) is 4.27. The summed E-state index contributed by atoms with van der Waals surface area (Å²) in [6, 6.07) is 11.6. The maximum absolute atomic E-state index is 12.9. The van der Waals surface area contributed by atoms with Gasteiger partial charge in [0.2, 0.25) is 10.0 Å². The first-order valence-electron chi connectivity index (χ1n) is 8.17. The third-order valence-corrected chi connectivity index (χ3v) is 5.96. The summed E-state index contributed by atoms with van der Waals surface area (Å²) in [7, 11) is -3.65. The minimum Gasteiger partial charge on any atom is -0.379 e. The van der Waals surface area contributed by atoms with Gasteiger partial charge in [-0.25, -0.2) is 12.8 Å². The summed E-state index contributed by atoms with van der Waals surface area (Å²) < 4.78 is 44.8. The molecule has 2 aromatic rings. The molecule has 0 unspecified atom stereocenters. The average molecular weight is 378 g/mol. The van der Waals surface area contributed by atoms with Crippen LogP contribution in [0.4, 0.5) is 10.1 Å². The zero-order chi connectivity index (χ0) is 18.6. The minimum absolute atomic E-state index is 0.0211. The van der Waals surface area contributed by atoms with Crippen LogP contribution >= 0.6 is 0 Å². The van der Waals surface area contributed by atoms with E-state index in [1.807, 2.05) is 0 Å². The molecular formula is C18H19FN2O4S. The van der Waals surface area contributed by atoms with E-state index in [1.165, 1.54) is 40.7 Å². The van der Waals surface area contributed by atoms with Gasteiger partial charge in [-0.1, -0.05) is 12.1 Å². The summed E-state index contributed by atoms with van der Waals surface area (Å²) in [6.45, 7) is 1.30. The lowest BCUT2D eigenvalue weighted by molar-refractivity contribution is 0.0730. The molecule has 1 N–H and O–H groups in total. The van der Waals surface area contributed by atoms with E-state index in [4.69, 9.17) is 4.74 Å². The fraction of sp³-hybridized carbons (Fsp3) is 0.278. The van der Waals surface area contributed by atoms with Crippen LogP contribution in [0.5, 0.6) is 0 Å². The van der Waals surface area contributed by atoms with Gasteiger partial charge in [-0.2, -0.15) is 4.31 Å². The molecular weight excluding hydrogens is 359 g/mol. The molecule has 3 rings (SSSR count). The van der Waals surface area contributed by atoms with E-state index in [0.29, 0.717) is 37.6 Å². The van der Waals surface area contributed by atoms with Gasteiger partial charge in [-0.15, -0.1) is 0 Å². The minimum atomic E-state index is -3.65. The number of carbonyl (C=O) groups excluding carboxylic acids is 1. The first-order valence-corrected chi connectivity index (χ1v) is 9.61.